The number of benzene rings is 1. The molecule has 2 aromatic rings. The molecule has 0 bridgehead atoms. The van der Waals surface area contributed by atoms with Crippen molar-refractivity contribution in [1.82, 2.24) is 10.2 Å². The molecule has 1 aliphatic rings. The Morgan fingerprint density at radius 1 is 1.36 bits per heavy atom. The quantitative estimate of drug-likeness (QED) is 0.878. The van der Waals surface area contributed by atoms with Crippen molar-refractivity contribution in [1.29, 1.82) is 0 Å². The molecular formula is C15H18N4OS2. The normalized spacial score (nSPS) is 21.0. The maximum absolute atomic E-state index is 12.3. The van der Waals surface area contributed by atoms with Gasteiger partial charge < -0.3 is 11.1 Å². The van der Waals surface area contributed by atoms with Gasteiger partial charge in [-0.15, -0.1) is 10.2 Å². The van der Waals surface area contributed by atoms with E-state index in [9.17, 15) is 4.79 Å². The standard InChI is InChI=1S/C15H18N4OS2/c16-8-10-2-1-3-13(10)14(20)18-11-4-6-12(7-5-11)22-15-19-17-9-21-15/h4-7,9-10,13H,1-3,8,16H2,(H,18,20)/t10-,13-/m1/s1. The molecule has 3 rings (SSSR count). The number of amides is 1. The van der Waals surface area contributed by atoms with Gasteiger partial charge in [-0.05, 0) is 49.6 Å². The number of aromatic nitrogens is 2. The number of carbonyl (C=O) groups excluding carboxylic acids is 1. The molecule has 0 spiro atoms. The van der Waals surface area contributed by atoms with E-state index in [-0.39, 0.29) is 11.8 Å². The Bertz CT molecular complexity index is 615. The van der Waals surface area contributed by atoms with Gasteiger partial charge in [0.15, 0.2) is 4.34 Å². The predicted molar refractivity (Wildman–Crippen MR) is 89.0 cm³/mol. The first-order valence-corrected chi connectivity index (χ1v) is 9.01. The second-order valence-electron chi connectivity index (χ2n) is 5.35. The van der Waals surface area contributed by atoms with E-state index >= 15 is 0 Å². The molecule has 1 saturated carbocycles. The molecule has 1 amide bonds. The van der Waals surface area contributed by atoms with Crippen LogP contribution in [0.4, 0.5) is 5.69 Å². The zero-order valence-corrected chi connectivity index (χ0v) is 13.7. The summed E-state index contributed by atoms with van der Waals surface area (Å²) in [5.41, 5.74) is 8.29. The molecule has 0 radical (unpaired) electrons. The summed E-state index contributed by atoms with van der Waals surface area (Å²) in [4.78, 5) is 13.4. The Labute approximate surface area is 137 Å². The topological polar surface area (TPSA) is 80.9 Å². The van der Waals surface area contributed by atoms with Crippen LogP contribution in [0.25, 0.3) is 0 Å². The van der Waals surface area contributed by atoms with Crippen molar-refractivity contribution in [3.63, 3.8) is 0 Å². The Morgan fingerprint density at radius 2 is 2.18 bits per heavy atom. The van der Waals surface area contributed by atoms with Gasteiger partial charge in [0.25, 0.3) is 0 Å². The third-order valence-electron chi connectivity index (χ3n) is 3.97. The molecule has 1 fully saturated rings. The van der Waals surface area contributed by atoms with Gasteiger partial charge in [-0.2, -0.15) is 0 Å². The lowest BCUT2D eigenvalue weighted by Crippen LogP contribution is -2.29. The zero-order chi connectivity index (χ0) is 15.4. The van der Waals surface area contributed by atoms with Crippen LogP contribution in [0.3, 0.4) is 0 Å². The second-order valence-corrected chi connectivity index (χ2v) is 7.51. The lowest BCUT2D eigenvalue weighted by Gasteiger charge is -2.17. The minimum Gasteiger partial charge on any atom is -0.330 e. The largest absolute Gasteiger partial charge is 0.330 e. The Balaban J connectivity index is 1.60. The number of nitrogens with one attached hydrogen (secondary N) is 1. The SMILES string of the molecule is NC[C@H]1CCC[C@H]1C(=O)Nc1ccc(Sc2nncs2)cc1. The van der Waals surface area contributed by atoms with Crippen LogP contribution < -0.4 is 11.1 Å². The number of anilines is 1. The smallest absolute Gasteiger partial charge is 0.227 e. The molecule has 22 heavy (non-hydrogen) atoms. The van der Waals surface area contributed by atoms with Gasteiger partial charge in [-0.1, -0.05) is 29.5 Å². The number of hydrogen-bond acceptors (Lipinski definition) is 6. The molecule has 0 unspecified atom stereocenters. The van der Waals surface area contributed by atoms with Crippen LogP contribution in [0.15, 0.2) is 39.0 Å². The van der Waals surface area contributed by atoms with Gasteiger partial charge in [0.1, 0.15) is 5.51 Å². The maximum atomic E-state index is 12.3. The minimum absolute atomic E-state index is 0.0560. The summed E-state index contributed by atoms with van der Waals surface area (Å²) in [6, 6.07) is 7.81. The average molecular weight is 334 g/mol. The third-order valence-corrected chi connectivity index (χ3v) is 5.75. The summed E-state index contributed by atoms with van der Waals surface area (Å²) in [5.74, 6) is 0.477. The van der Waals surface area contributed by atoms with Gasteiger partial charge in [-0.25, -0.2) is 0 Å². The van der Waals surface area contributed by atoms with Crippen LogP contribution in [-0.2, 0) is 4.79 Å². The predicted octanol–water partition coefficient (Wildman–Crippen LogP) is 3.00. The van der Waals surface area contributed by atoms with Crippen LogP contribution in [0, 0.1) is 11.8 Å². The molecular weight excluding hydrogens is 316 g/mol. The highest BCUT2D eigenvalue weighted by Gasteiger charge is 2.31. The van der Waals surface area contributed by atoms with Crippen molar-refractivity contribution in [2.24, 2.45) is 17.6 Å². The van der Waals surface area contributed by atoms with Crippen LogP contribution in [-0.4, -0.2) is 22.6 Å². The van der Waals surface area contributed by atoms with Gasteiger partial charge in [0, 0.05) is 16.5 Å². The summed E-state index contributed by atoms with van der Waals surface area (Å²) in [6.07, 6.45) is 3.10. The van der Waals surface area contributed by atoms with E-state index in [0.29, 0.717) is 12.5 Å². The van der Waals surface area contributed by atoms with E-state index in [0.717, 1.165) is 34.2 Å². The maximum Gasteiger partial charge on any atom is 0.227 e. The fraction of sp³-hybridized carbons (Fsp3) is 0.400. The number of carbonyl (C=O) groups is 1. The van der Waals surface area contributed by atoms with Gasteiger partial charge in [-0.3, -0.25) is 4.79 Å². The number of rotatable bonds is 5. The average Bonchev–Trinajstić information content (AvgIpc) is 3.20. The summed E-state index contributed by atoms with van der Waals surface area (Å²) in [7, 11) is 0. The molecule has 1 aromatic carbocycles. The number of nitrogens with zero attached hydrogens (tertiary/aromatic N) is 2. The zero-order valence-electron chi connectivity index (χ0n) is 12.1. The van der Waals surface area contributed by atoms with E-state index in [4.69, 9.17) is 5.73 Å². The van der Waals surface area contributed by atoms with Crippen molar-refractivity contribution in [2.45, 2.75) is 28.5 Å². The van der Waals surface area contributed by atoms with Crippen molar-refractivity contribution in [3.05, 3.63) is 29.8 Å². The molecule has 7 heteroatoms. The van der Waals surface area contributed by atoms with E-state index in [1.54, 1.807) is 17.3 Å². The molecule has 1 aliphatic carbocycles. The fourth-order valence-electron chi connectivity index (χ4n) is 2.81. The Hall–Kier alpha value is -1.44. The van der Waals surface area contributed by atoms with Crippen molar-refractivity contribution < 1.29 is 4.79 Å². The summed E-state index contributed by atoms with van der Waals surface area (Å²) in [6.45, 7) is 0.593. The molecule has 3 N–H and O–H groups in total. The molecule has 1 aromatic heterocycles. The molecule has 5 nitrogen and oxygen atoms in total. The van der Waals surface area contributed by atoms with E-state index < -0.39 is 0 Å². The minimum atomic E-state index is 0.0560. The van der Waals surface area contributed by atoms with E-state index in [1.807, 2.05) is 24.3 Å². The molecule has 2 atom stereocenters. The summed E-state index contributed by atoms with van der Waals surface area (Å²) < 4.78 is 0.911. The third kappa shape index (κ3) is 3.66. The highest BCUT2D eigenvalue weighted by molar-refractivity contribution is 8.01. The molecule has 116 valence electrons. The summed E-state index contributed by atoms with van der Waals surface area (Å²) >= 11 is 3.08. The fourth-order valence-corrected chi connectivity index (χ4v) is 4.26. The van der Waals surface area contributed by atoms with Crippen LogP contribution >= 0.6 is 23.1 Å². The van der Waals surface area contributed by atoms with Crippen LogP contribution in [0.5, 0.6) is 0 Å². The van der Waals surface area contributed by atoms with E-state index in [1.165, 1.54) is 11.3 Å². The molecule has 0 saturated heterocycles. The Kier molecular flexibility index (Phi) is 5.07. The monoisotopic (exact) mass is 334 g/mol. The molecule has 0 aliphatic heterocycles. The highest BCUT2D eigenvalue weighted by atomic mass is 32.2. The van der Waals surface area contributed by atoms with Crippen molar-refractivity contribution in [3.8, 4) is 0 Å². The second kappa shape index (κ2) is 7.21. The highest BCUT2D eigenvalue weighted by Crippen LogP contribution is 2.32. The summed E-state index contributed by atoms with van der Waals surface area (Å²) in [5, 5.41) is 10.8. The lowest BCUT2D eigenvalue weighted by atomic mass is 9.95. The van der Waals surface area contributed by atoms with Crippen LogP contribution in [0.2, 0.25) is 0 Å². The first-order valence-electron chi connectivity index (χ1n) is 7.31. The van der Waals surface area contributed by atoms with Crippen LogP contribution in [0.1, 0.15) is 19.3 Å². The van der Waals surface area contributed by atoms with E-state index in [2.05, 4.69) is 15.5 Å². The Morgan fingerprint density at radius 3 is 2.86 bits per heavy atom. The van der Waals surface area contributed by atoms with Gasteiger partial charge >= 0.3 is 0 Å². The number of hydrogen-bond donors (Lipinski definition) is 2. The number of nitrogens with two attached hydrogens (primary N) is 1. The van der Waals surface area contributed by atoms with Gasteiger partial charge in [0.05, 0.1) is 0 Å². The van der Waals surface area contributed by atoms with Gasteiger partial charge in [0.2, 0.25) is 5.91 Å². The van der Waals surface area contributed by atoms with Crippen molar-refractivity contribution in [2.75, 3.05) is 11.9 Å². The molecule has 1 heterocycles. The first kappa shape index (κ1) is 15.5. The first-order chi connectivity index (χ1) is 10.8. The lowest BCUT2D eigenvalue weighted by molar-refractivity contribution is -0.120. The van der Waals surface area contributed by atoms with Crippen molar-refractivity contribution >= 4 is 34.7 Å².